The van der Waals surface area contributed by atoms with E-state index in [1.165, 1.54) is 16.7 Å². The third-order valence-electron chi connectivity index (χ3n) is 3.84. The van der Waals surface area contributed by atoms with Gasteiger partial charge in [0.1, 0.15) is 11.5 Å². The van der Waals surface area contributed by atoms with Gasteiger partial charge in [0, 0.05) is 41.5 Å². The zero-order chi connectivity index (χ0) is 12.0. The van der Waals surface area contributed by atoms with Crippen molar-refractivity contribution in [3.05, 3.63) is 22.8 Å². The van der Waals surface area contributed by atoms with Crippen molar-refractivity contribution < 1.29 is 9.47 Å². The highest BCUT2D eigenvalue weighted by atomic mass is 16.5. The third-order valence-corrected chi connectivity index (χ3v) is 3.84. The summed E-state index contributed by atoms with van der Waals surface area (Å²) in [6.07, 6.45) is 1.96. The Hall–Kier alpha value is -1.22. The molecule has 2 heterocycles. The number of hydrogen-bond donors (Lipinski definition) is 1. The molecule has 92 valence electrons. The quantitative estimate of drug-likeness (QED) is 0.847. The van der Waals surface area contributed by atoms with Gasteiger partial charge < -0.3 is 15.2 Å². The van der Waals surface area contributed by atoms with Crippen LogP contribution in [0.15, 0.2) is 6.07 Å². The van der Waals surface area contributed by atoms with Gasteiger partial charge in [0.25, 0.3) is 0 Å². The number of hydrogen-bond acceptors (Lipinski definition) is 3. The minimum absolute atomic E-state index is 0.0481. The van der Waals surface area contributed by atoms with Crippen LogP contribution in [-0.2, 0) is 18.3 Å². The molecule has 0 spiro atoms. The van der Waals surface area contributed by atoms with E-state index in [2.05, 4.69) is 19.9 Å². The van der Waals surface area contributed by atoms with Crippen LogP contribution < -0.4 is 15.2 Å². The van der Waals surface area contributed by atoms with Crippen molar-refractivity contribution in [3.8, 4) is 11.5 Å². The standard InChI is InChI=1S/C14H19NO2/c1-14(2,8-15)12-10-4-6-16-11(10)7-9-3-5-17-13(9)12/h7H,3-6,8,15H2,1-2H3. The fraction of sp³-hybridized carbons (Fsp3) is 0.571. The molecule has 1 aromatic carbocycles. The molecule has 0 atom stereocenters. The molecule has 0 aliphatic carbocycles. The van der Waals surface area contributed by atoms with Crippen LogP contribution in [0.25, 0.3) is 0 Å². The summed E-state index contributed by atoms with van der Waals surface area (Å²) in [5.74, 6) is 2.12. The van der Waals surface area contributed by atoms with Crippen molar-refractivity contribution >= 4 is 0 Å². The average molecular weight is 233 g/mol. The second-order valence-electron chi connectivity index (χ2n) is 5.50. The number of nitrogens with two attached hydrogens (primary N) is 1. The van der Waals surface area contributed by atoms with Crippen LogP contribution in [0.2, 0.25) is 0 Å². The maximum atomic E-state index is 5.93. The number of benzene rings is 1. The Morgan fingerprint density at radius 2 is 2.00 bits per heavy atom. The molecular formula is C14H19NO2. The number of rotatable bonds is 2. The van der Waals surface area contributed by atoms with Gasteiger partial charge in [0.05, 0.1) is 13.2 Å². The van der Waals surface area contributed by atoms with E-state index in [-0.39, 0.29) is 5.41 Å². The van der Waals surface area contributed by atoms with Gasteiger partial charge in [-0.2, -0.15) is 0 Å². The van der Waals surface area contributed by atoms with Crippen LogP contribution in [-0.4, -0.2) is 19.8 Å². The van der Waals surface area contributed by atoms with E-state index < -0.39 is 0 Å². The van der Waals surface area contributed by atoms with Crippen molar-refractivity contribution in [1.29, 1.82) is 0 Å². The molecule has 3 rings (SSSR count). The van der Waals surface area contributed by atoms with Crippen molar-refractivity contribution in [2.45, 2.75) is 32.1 Å². The predicted molar refractivity (Wildman–Crippen MR) is 66.9 cm³/mol. The molecule has 0 bridgehead atoms. The Kier molecular flexibility index (Phi) is 2.33. The Morgan fingerprint density at radius 3 is 2.76 bits per heavy atom. The van der Waals surface area contributed by atoms with Gasteiger partial charge in [0.15, 0.2) is 0 Å². The summed E-state index contributed by atoms with van der Waals surface area (Å²) in [6, 6.07) is 2.15. The summed E-state index contributed by atoms with van der Waals surface area (Å²) in [5.41, 5.74) is 9.75. The van der Waals surface area contributed by atoms with Gasteiger partial charge in [-0.15, -0.1) is 0 Å². The molecule has 17 heavy (non-hydrogen) atoms. The van der Waals surface area contributed by atoms with Crippen molar-refractivity contribution in [1.82, 2.24) is 0 Å². The Bertz CT molecular complexity index is 434. The molecule has 0 amide bonds. The minimum Gasteiger partial charge on any atom is -0.493 e. The largest absolute Gasteiger partial charge is 0.493 e. The number of ether oxygens (including phenoxy) is 2. The monoisotopic (exact) mass is 233 g/mol. The molecule has 1 aromatic rings. The highest BCUT2D eigenvalue weighted by Crippen LogP contribution is 2.45. The fourth-order valence-electron chi connectivity index (χ4n) is 2.80. The third kappa shape index (κ3) is 1.53. The zero-order valence-electron chi connectivity index (χ0n) is 10.5. The molecule has 2 N–H and O–H groups in total. The fourth-order valence-corrected chi connectivity index (χ4v) is 2.80. The summed E-state index contributed by atoms with van der Waals surface area (Å²) < 4.78 is 11.5. The molecular weight excluding hydrogens is 214 g/mol. The molecule has 3 heteroatoms. The molecule has 0 aromatic heterocycles. The number of fused-ring (bicyclic) bond motifs is 2. The zero-order valence-corrected chi connectivity index (χ0v) is 10.5. The highest BCUT2D eigenvalue weighted by Gasteiger charge is 2.34. The van der Waals surface area contributed by atoms with Gasteiger partial charge in [-0.25, -0.2) is 0 Å². The molecule has 0 saturated heterocycles. The first-order chi connectivity index (χ1) is 8.13. The average Bonchev–Trinajstić information content (AvgIpc) is 2.92. The topological polar surface area (TPSA) is 44.5 Å². The second-order valence-corrected chi connectivity index (χ2v) is 5.50. The van der Waals surface area contributed by atoms with E-state index in [0.29, 0.717) is 6.54 Å². The molecule has 2 aliphatic heterocycles. The smallest absolute Gasteiger partial charge is 0.126 e. The lowest BCUT2D eigenvalue weighted by molar-refractivity contribution is 0.344. The van der Waals surface area contributed by atoms with Crippen LogP contribution in [0, 0.1) is 0 Å². The highest BCUT2D eigenvalue weighted by molar-refractivity contribution is 5.59. The first-order valence-electron chi connectivity index (χ1n) is 6.28. The molecule has 3 nitrogen and oxygen atoms in total. The maximum absolute atomic E-state index is 5.93. The van der Waals surface area contributed by atoms with E-state index >= 15 is 0 Å². The summed E-state index contributed by atoms with van der Waals surface area (Å²) in [5, 5.41) is 0. The van der Waals surface area contributed by atoms with Gasteiger partial charge in [0.2, 0.25) is 0 Å². The van der Waals surface area contributed by atoms with Crippen LogP contribution in [0.5, 0.6) is 11.5 Å². The van der Waals surface area contributed by atoms with E-state index in [0.717, 1.165) is 37.6 Å². The van der Waals surface area contributed by atoms with Crippen LogP contribution in [0.4, 0.5) is 0 Å². The van der Waals surface area contributed by atoms with E-state index in [4.69, 9.17) is 15.2 Å². The van der Waals surface area contributed by atoms with Gasteiger partial charge in [-0.05, 0) is 6.07 Å². The van der Waals surface area contributed by atoms with Gasteiger partial charge in [-0.3, -0.25) is 0 Å². The normalized spacial score (nSPS) is 17.4. The first-order valence-corrected chi connectivity index (χ1v) is 6.28. The summed E-state index contributed by atoms with van der Waals surface area (Å²) >= 11 is 0. The minimum atomic E-state index is -0.0481. The summed E-state index contributed by atoms with van der Waals surface area (Å²) in [7, 11) is 0. The molecule has 0 unspecified atom stereocenters. The Balaban J connectivity index is 2.25. The van der Waals surface area contributed by atoms with Crippen molar-refractivity contribution in [2.75, 3.05) is 19.8 Å². The summed E-state index contributed by atoms with van der Waals surface area (Å²) in [4.78, 5) is 0. The molecule has 0 saturated carbocycles. The lowest BCUT2D eigenvalue weighted by Gasteiger charge is -2.27. The van der Waals surface area contributed by atoms with Crippen molar-refractivity contribution in [2.24, 2.45) is 5.73 Å². The summed E-state index contributed by atoms with van der Waals surface area (Å²) in [6.45, 7) is 6.56. The van der Waals surface area contributed by atoms with Crippen LogP contribution in [0.3, 0.4) is 0 Å². The van der Waals surface area contributed by atoms with E-state index in [1.54, 1.807) is 0 Å². The predicted octanol–water partition coefficient (Wildman–Crippen LogP) is 1.79. The van der Waals surface area contributed by atoms with E-state index in [9.17, 15) is 0 Å². The lowest BCUT2D eigenvalue weighted by atomic mass is 9.79. The van der Waals surface area contributed by atoms with Gasteiger partial charge in [-0.1, -0.05) is 13.8 Å². The first kappa shape index (κ1) is 10.9. The van der Waals surface area contributed by atoms with Gasteiger partial charge >= 0.3 is 0 Å². The van der Waals surface area contributed by atoms with Crippen molar-refractivity contribution in [3.63, 3.8) is 0 Å². The molecule has 0 radical (unpaired) electrons. The maximum Gasteiger partial charge on any atom is 0.126 e. The Labute approximate surface area is 102 Å². The second kappa shape index (κ2) is 3.64. The molecule has 0 fully saturated rings. The van der Waals surface area contributed by atoms with Crippen LogP contribution in [0.1, 0.15) is 30.5 Å². The molecule has 2 aliphatic rings. The van der Waals surface area contributed by atoms with E-state index in [1.807, 2.05) is 0 Å². The Morgan fingerprint density at radius 1 is 1.24 bits per heavy atom. The lowest BCUT2D eigenvalue weighted by Crippen LogP contribution is -2.29. The SMILES string of the molecule is CC(C)(CN)c1c2c(cc3c1OCC3)OCC2. The van der Waals surface area contributed by atoms with Crippen LogP contribution >= 0.6 is 0 Å².